The summed E-state index contributed by atoms with van der Waals surface area (Å²) in [5.74, 6) is 0.721. The largest absolute Gasteiger partial charge is 0.494 e. The van der Waals surface area contributed by atoms with Crippen LogP contribution in [0.25, 0.3) is 0 Å². The first kappa shape index (κ1) is 17.9. The molecule has 1 amide bonds. The molecule has 1 aromatic carbocycles. The van der Waals surface area contributed by atoms with Gasteiger partial charge < -0.3 is 26.3 Å². The zero-order chi connectivity index (χ0) is 16.6. The molecule has 0 unspecified atom stereocenters. The maximum atomic E-state index is 11.4. The van der Waals surface area contributed by atoms with Crippen molar-refractivity contribution in [2.45, 2.75) is 45.6 Å². The van der Waals surface area contributed by atoms with Crippen LogP contribution >= 0.6 is 0 Å². The highest BCUT2D eigenvalue weighted by Crippen LogP contribution is 2.21. The van der Waals surface area contributed by atoms with E-state index < -0.39 is 5.60 Å². The highest BCUT2D eigenvalue weighted by molar-refractivity contribution is 5.67. The molecule has 0 fully saturated rings. The van der Waals surface area contributed by atoms with Crippen LogP contribution in [0.5, 0.6) is 5.75 Å². The summed E-state index contributed by atoms with van der Waals surface area (Å²) < 4.78 is 10.7. The molecule has 0 radical (unpaired) electrons. The Labute approximate surface area is 132 Å². The zero-order valence-corrected chi connectivity index (χ0v) is 13.6. The smallest absolute Gasteiger partial charge is 0.407 e. The van der Waals surface area contributed by atoms with Gasteiger partial charge >= 0.3 is 6.09 Å². The summed E-state index contributed by atoms with van der Waals surface area (Å²) in [4.78, 5) is 11.4. The van der Waals surface area contributed by atoms with Gasteiger partial charge in [-0.3, -0.25) is 0 Å². The third kappa shape index (κ3) is 7.61. The molecule has 6 nitrogen and oxygen atoms in total. The second kappa shape index (κ2) is 8.36. The van der Waals surface area contributed by atoms with E-state index in [-0.39, 0.29) is 6.09 Å². The van der Waals surface area contributed by atoms with Gasteiger partial charge in [0.2, 0.25) is 0 Å². The van der Waals surface area contributed by atoms with Gasteiger partial charge in [-0.05, 0) is 52.2 Å². The molecule has 0 saturated carbocycles. The lowest BCUT2D eigenvalue weighted by molar-refractivity contribution is 0.0527. The number of benzene rings is 1. The zero-order valence-electron chi connectivity index (χ0n) is 13.6. The van der Waals surface area contributed by atoms with Crippen LogP contribution in [0.2, 0.25) is 0 Å². The number of nitrogen functional groups attached to an aromatic ring is 2. The average Bonchev–Trinajstić information content (AvgIpc) is 2.39. The molecule has 6 heteroatoms. The number of hydrogen-bond donors (Lipinski definition) is 3. The molecule has 1 aromatic rings. The summed E-state index contributed by atoms with van der Waals surface area (Å²) >= 11 is 0. The lowest BCUT2D eigenvalue weighted by Crippen LogP contribution is -2.33. The fourth-order valence-electron chi connectivity index (χ4n) is 1.74. The van der Waals surface area contributed by atoms with Crippen molar-refractivity contribution in [3.63, 3.8) is 0 Å². The summed E-state index contributed by atoms with van der Waals surface area (Å²) in [6.45, 7) is 6.73. The van der Waals surface area contributed by atoms with E-state index in [4.69, 9.17) is 20.9 Å². The molecule has 0 aliphatic heterocycles. The van der Waals surface area contributed by atoms with Crippen LogP contribution in [-0.4, -0.2) is 24.8 Å². The van der Waals surface area contributed by atoms with Crippen molar-refractivity contribution in [2.24, 2.45) is 0 Å². The van der Waals surface area contributed by atoms with Crippen molar-refractivity contribution in [2.75, 3.05) is 24.6 Å². The van der Waals surface area contributed by atoms with Gasteiger partial charge in [0, 0.05) is 12.6 Å². The molecular weight excluding hydrogens is 282 g/mol. The molecule has 1 rings (SSSR count). The number of anilines is 2. The highest BCUT2D eigenvalue weighted by atomic mass is 16.6. The Morgan fingerprint density at radius 3 is 2.50 bits per heavy atom. The molecule has 0 aliphatic carbocycles. The molecule has 0 heterocycles. The summed E-state index contributed by atoms with van der Waals surface area (Å²) in [5.41, 5.74) is 12.0. The monoisotopic (exact) mass is 309 g/mol. The van der Waals surface area contributed by atoms with Gasteiger partial charge in [0.05, 0.1) is 18.0 Å². The molecule has 22 heavy (non-hydrogen) atoms. The number of ether oxygens (including phenoxy) is 2. The maximum Gasteiger partial charge on any atom is 0.407 e. The minimum atomic E-state index is -0.459. The third-order valence-electron chi connectivity index (χ3n) is 2.82. The van der Waals surface area contributed by atoms with Crippen LogP contribution in [0.15, 0.2) is 18.2 Å². The maximum absolute atomic E-state index is 11.4. The third-order valence-corrected chi connectivity index (χ3v) is 2.82. The molecule has 0 spiro atoms. The van der Waals surface area contributed by atoms with E-state index in [1.807, 2.05) is 20.8 Å². The first-order valence-corrected chi connectivity index (χ1v) is 7.52. The van der Waals surface area contributed by atoms with E-state index in [2.05, 4.69) is 5.32 Å². The molecule has 0 aliphatic rings. The van der Waals surface area contributed by atoms with Crippen molar-refractivity contribution in [1.82, 2.24) is 5.32 Å². The average molecular weight is 309 g/mol. The van der Waals surface area contributed by atoms with Crippen LogP contribution in [0.4, 0.5) is 16.2 Å². The van der Waals surface area contributed by atoms with Crippen LogP contribution in [-0.2, 0) is 4.74 Å². The summed E-state index contributed by atoms with van der Waals surface area (Å²) in [6, 6.07) is 5.25. The van der Waals surface area contributed by atoms with Gasteiger partial charge in [0.1, 0.15) is 11.4 Å². The van der Waals surface area contributed by atoms with E-state index in [0.717, 1.165) is 25.0 Å². The number of hydrogen-bond acceptors (Lipinski definition) is 5. The number of unbranched alkanes of at least 4 members (excludes halogenated alkanes) is 2. The van der Waals surface area contributed by atoms with Crippen molar-refractivity contribution in [3.8, 4) is 5.75 Å². The Bertz CT molecular complexity index is 484. The number of rotatable bonds is 7. The van der Waals surface area contributed by atoms with E-state index >= 15 is 0 Å². The molecule has 124 valence electrons. The van der Waals surface area contributed by atoms with Gasteiger partial charge in [-0.1, -0.05) is 0 Å². The Balaban J connectivity index is 2.06. The lowest BCUT2D eigenvalue weighted by Gasteiger charge is -2.19. The minimum Gasteiger partial charge on any atom is -0.494 e. The van der Waals surface area contributed by atoms with E-state index in [1.54, 1.807) is 18.2 Å². The normalized spacial score (nSPS) is 11.0. The van der Waals surface area contributed by atoms with Crippen molar-refractivity contribution in [1.29, 1.82) is 0 Å². The highest BCUT2D eigenvalue weighted by Gasteiger charge is 2.15. The quantitative estimate of drug-likeness (QED) is 0.531. The number of amides is 1. The SMILES string of the molecule is CC(C)(C)OC(=O)NCCCCCOc1ccc(N)c(N)c1. The van der Waals surface area contributed by atoms with E-state index in [1.165, 1.54) is 0 Å². The van der Waals surface area contributed by atoms with Crippen molar-refractivity contribution < 1.29 is 14.3 Å². The summed E-state index contributed by atoms with van der Waals surface area (Å²) in [5, 5.41) is 2.73. The van der Waals surface area contributed by atoms with Gasteiger partial charge in [0.25, 0.3) is 0 Å². The topological polar surface area (TPSA) is 99.6 Å². The fourth-order valence-corrected chi connectivity index (χ4v) is 1.74. The second-order valence-corrected chi connectivity index (χ2v) is 6.13. The molecule has 0 saturated heterocycles. The molecular formula is C16H27N3O3. The van der Waals surface area contributed by atoms with Gasteiger partial charge in [-0.15, -0.1) is 0 Å². The first-order chi connectivity index (χ1) is 10.3. The second-order valence-electron chi connectivity index (χ2n) is 6.13. The molecule has 5 N–H and O–H groups in total. The van der Waals surface area contributed by atoms with Crippen molar-refractivity contribution in [3.05, 3.63) is 18.2 Å². The Morgan fingerprint density at radius 2 is 1.86 bits per heavy atom. The fraction of sp³-hybridized carbons (Fsp3) is 0.562. The molecule has 0 aromatic heterocycles. The Kier molecular flexibility index (Phi) is 6.82. The van der Waals surface area contributed by atoms with Crippen molar-refractivity contribution >= 4 is 17.5 Å². The Morgan fingerprint density at radius 1 is 1.14 bits per heavy atom. The predicted molar refractivity (Wildman–Crippen MR) is 88.8 cm³/mol. The number of carbonyl (C=O) groups excluding carboxylic acids is 1. The van der Waals surface area contributed by atoms with E-state index in [0.29, 0.717) is 24.5 Å². The standard InChI is InChI=1S/C16H27N3O3/c1-16(2,3)22-15(20)19-9-5-4-6-10-21-12-7-8-13(17)14(18)11-12/h7-8,11H,4-6,9-10,17-18H2,1-3H3,(H,19,20). The Hall–Kier alpha value is -2.11. The van der Waals surface area contributed by atoms with Gasteiger partial charge in [0.15, 0.2) is 0 Å². The number of nitrogens with two attached hydrogens (primary N) is 2. The lowest BCUT2D eigenvalue weighted by atomic mass is 10.2. The molecule has 0 bridgehead atoms. The summed E-state index contributed by atoms with van der Waals surface area (Å²) in [6.07, 6.45) is 2.37. The van der Waals surface area contributed by atoms with Crippen LogP contribution in [0, 0.1) is 0 Å². The first-order valence-electron chi connectivity index (χ1n) is 7.52. The van der Waals surface area contributed by atoms with E-state index in [9.17, 15) is 4.79 Å². The number of nitrogens with one attached hydrogen (secondary N) is 1. The van der Waals surface area contributed by atoms with Crippen LogP contribution in [0.3, 0.4) is 0 Å². The number of alkyl carbamates (subject to hydrolysis) is 1. The summed E-state index contributed by atoms with van der Waals surface area (Å²) in [7, 11) is 0. The number of carbonyl (C=O) groups is 1. The van der Waals surface area contributed by atoms with Crippen LogP contribution in [0.1, 0.15) is 40.0 Å². The minimum absolute atomic E-state index is 0.374. The predicted octanol–water partition coefficient (Wildman–Crippen LogP) is 2.92. The van der Waals surface area contributed by atoms with Gasteiger partial charge in [-0.2, -0.15) is 0 Å². The molecule has 0 atom stereocenters. The van der Waals surface area contributed by atoms with Crippen LogP contribution < -0.4 is 21.5 Å². The van der Waals surface area contributed by atoms with Gasteiger partial charge in [-0.25, -0.2) is 4.79 Å².